The number of piperidine rings is 1. The molecule has 32 heavy (non-hydrogen) atoms. The number of halogens is 3. The number of amides is 1. The number of β-amino-alcohol motifs (C(OH)–C–C–N with tert-alkyl or cyclic N) is 1. The molecule has 174 valence electrons. The topological polar surface area (TPSA) is 95.0 Å². The summed E-state index contributed by atoms with van der Waals surface area (Å²) in [6.07, 6.45) is -0.853. The Hall–Kier alpha value is -1.22. The molecule has 2 unspecified atom stereocenters. The number of likely N-dealkylation sites (tertiary alicyclic amines) is 1. The number of para-hydroxylation sites is 1. The maximum absolute atomic E-state index is 13.1. The van der Waals surface area contributed by atoms with E-state index in [0.29, 0.717) is 19.4 Å². The van der Waals surface area contributed by atoms with E-state index in [1.165, 1.54) is 4.90 Å². The number of aromatic amines is 1. The van der Waals surface area contributed by atoms with Gasteiger partial charge in [0.25, 0.3) is 0 Å². The number of hydrogen-bond donors (Lipinski definition) is 3. The first-order valence-corrected chi connectivity index (χ1v) is 11.8. The van der Waals surface area contributed by atoms with Gasteiger partial charge in [0, 0.05) is 34.5 Å². The Labute approximate surface area is 200 Å². The normalized spacial score (nSPS) is 32.9. The molecule has 1 aromatic heterocycles. The van der Waals surface area contributed by atoms with E-state index in [2.05, 4.69) is 11.1 Å². The molecule has 6 atom stereocenters. The van der Waals surface area contributed by atoms with E-state index in [1.54, 1.807) is 6.92 Å². The predicted molar refractivity (Wildman–Crippen MR) is 121 cm³/mol. The van der Waals surface area contributed by atoms with Gasteiger partial charge in [0.1, 0.15) is 12.2 Å². The van der Waals surface area contributed by atoms with Crippen molar-refractivity contribution in [2.75, 3.05) is 19.8 Å². The average molecular weight is 504 g/mol. The van der Waals surface area contributed by atoms with Crippen molar-refractivity contribution in [1.82, 2.24) is 9.88 Å². The number of alkyl halides is 3. The van der Waals surface area contributed by atoms with Crippen molar-refractivity contribution in [3.63, 3.8) is 0 Å². The van der Waals surface area contributed by atoms with E-state index in [-0.39, 0.29) is 30.5 Å². The smallest absolute Gasteiger partial charge is 0.410 e. The van der Waals surface area contributed by atoms with Crippen LogP contribution >= 0.6 is 34.8 Å². The third-order valence-corrected chi connectivity index (χ3v) is 7.66. The molecule has 6 rings (SSSR count). The van der Waals surface area contributed by atoms with Crippen LogP contribution < -0.4 is 0 Å². The minimum Gasteiger partial charge on any atom is -0.445 e. The van der Waals surface area contributed by atoms with Crippen LogP contribution in [-0.2, 0) is 15.9 Å². The predicted octanol–water partition coefficient (Wildman–Crippen LogP) is 3.72. The van der Waals surface area contributed by atoms with Crippen LogP contribution in [0.5, 0.6) is 0 Å². The molecule has 1 aliphatic carbocycles. The summed E-state index contributed by atoms with van der Waals surface area (Å²) in [6.45, 7) is 1.42. The first-order chi connectivity index (χ1) is 15.1. The molecule has 0 radical (unpaired) electrons. The zero-order valence-electron chi connectivity index (χ0n) is 17.4. The number of aliphatic hydroxyl groups is 2. The summed E-state index contributed by atoms with van der Waals surface area (Å²) in [5.74, 6) is -0.426. The highest BCUT2D eigenvalue weighted by molar-refractivity contribution is 6.67. The van der Waals surface area contributed by atoms with Gasteiger partial charge in [-0.15, -0.1) is 0 Å². The fraction of sp³-hybridized carbons (Fsp3) is 0.591. The van der Waals surface area contributed by atoms with Gasteiger partial charge in [0.2, 0.25) is 3.79 Å². The van der Waals surface area contributed by atoms with Gasteiger partial charge in [0.15, 0.2) is 0 Å². The van der Waals surface area contributed by atoms with Crippen LogP contribution in [0.4, 0.5) is 4.79 Å². The molecule has 2 aromatic rings. The molecular weight excluding hydrogens is 479 g/mol. The quantitative estimate of drug-likeness (QED) is 0.543. The first kappa shape index (κ1) is 22.6. The lowest BCUT2D eigenvalue weighted by Crippen LogP contribution is -2.70. The monoisotopic (exact) mass is 502 g/mol. The maximum Gasteiger partial charge on any atom is 0.410 e. The number of benzene rings is 1. The number of hydrogen-bond acceptors (Lipinski definition) is 5. The van der Waals surface area contributed by atoms with Crippen molar-refractivity contribution in [3.05, 3.63) is 35.5 Å². The molecule has 0 spiro atoms. The Morgan fingerprint density at radius 3 is 2.88 bits per heavy atom. The second-order valence-electron chi connectivity index (χ2n) is 9.13. The Bertz CT molecular complexity index is 1040. The van der Waals surface area contributed by atoms with Gasteiger partial charge in [-0.3, -0.25) is 0 Å². The number of aromatic nitrogens is 1. The number of carbonyl (C=O) groups is 1. The summed E-state index contributed by atoms with van der Waals surface area (Å²) in [5.41, 5.74) is 1.55. The molecule has 4 aliphatic rings. The lowest BCUT2D eigenvalue weighted by Gasteiger charge is -2.57. The maximum atomic E-state index is 13.1. The number of nitrogens with one attached hydrogen (secondary N) is 1. The fourth-order valence-corrected chi connectivity index (χ4v) is 5.93. The summed E-state index contributed by atoms with van der Waals surface area (Å²) >= 11 is 17.3. The standard InChI is InChI=1S/C22H25Cl3N2O5/c1-11(28)21(30)9-27(20(29)32-10-22(23,24)25)17-6-13-12-4-2-3-5-16(12)26-19(13)18-7-15(21)14(17)8-31-18/h2-5,11,14-15,17-18,26,28,30H,6-10H2,1H3/t11?,14-,15-,17+,18+,21?/m1/s1. The highest BCUT2D eigenvalue weighted by atomic mass is 35.6. The highest BCUT2D eigenvalue weighted by Gasteiger charge is 2.59. The van der Waals surface area contributed by atoms with Crippen LogP contribution in [0.2, 0.25) is 0 Å². The van der Waals surface area contributed by atoms with E-state index in [0.717, 1.165) is 22.2 Å². The van der Waals surface area contributed by atoms with E-state index in [1.807, 2.05) is 18.2 Å². The number of H-pyrrole nitrogens is 1. The van der Waals surface area contributed by atoms with E-state index in [9.17, 15) is 15.0 Å². The van der Waals surface area contributed by atoms with Crippen LogP contribution in [0, 0.1) is 11.8 Å². The van der Waals surface area contributed by atoms with Crippen LogP contribution in [0.1, 0.15) is 30.7 Å². The molecule has 10 heteroatoms. The van der Waals surface area contributed by atoms with Crippen molar-refractivity contribution in [3.8, 4) is 0 Å². The van der Waals surface area contributed by atoms with E-state index in [4.69, 9.17) is 44.3 Å². The second-order valence-corrected chi connectivity index (χ2v) is 11.6. The molecule has 1 amide bonds. The fourth-order valence-electron chi connectivity index (χ4n) is 5.77. The van der Waals surface area contributed by atoms with Crippen molar-refractivity contribution < 1.29 is 24.5 Å². The SMILES string of the molecule is CC(O)C1(O)CN(C(=O)OCC(Cl)(Cl)Cl)[C@H]2Cc3c([nH]c4ccccc34)[C@@H]3C[C@@H]1[C@H]2CO3. The molecule has 4 heterocycles. The largest absolute Gasteiger partial charge is 0.445 e. The van der Waals surface area contributed by atoms with Gasteiger partial charge in [0.05, 0.1) is 25.4 Å². The number of carbonyl (C=O) groups excluding carboxylic acids is 1. The highest BCUT2D eigenvalue weighted by Crippen LogP contribution is 2.51. The molecule has 3 N–H and O–H groups in total. The van der Waals surface area contributed by atoms with Crippen LogP contribution in [0.25, 0.3) is 10.9 Å². The summed E-state index contributed by atoms with van der Waals surface area (Å²) in [7, 11) is 0. The second kappa shape index (κ2) is 7.93. The van der Waals surface area contributed by atoms with Crippen molar-refractivity contribution in [1.29, 1.82) is 0 Å². The van der Waals surface area contributed by atoms with Gasteiger partial charge in [-0.1, -0.05) is 53.0 Å². The number of nitrogens with zero attached hydrogens (tertiary/aromatic N) is 1. The van der Waals surface area contributed by atoms with Crippen LogP contribution in [0.15, 0.2) is 24.3 Å². The molecular formula is C22H25Cl3N2O5. The number of fused-ring (bicyclic) bond motifs is 2. The van der Waals surface area contributed by atoms with Crippen molar-refractivity contribution in [2.24, 2.45) is 11.8 Å². The van der Waals surface area contributed by atoms with E-state index < -0.39 is 28.2 Å². The molecule has 7 nitrogen and oxygen atoms in total. The number of aliphatic hydroxyl groups excluding tert-OH is 1. The molecule has 2 saturated heterocycles. The van der Waals surface area contributed by atoms with Crippen LogP contribution in [-0.4, -0.2) is 67.5 Å². The van der Waals surface area contributed by atoms with Gasteiger partial charge in [-0.05, 0) is 31.4 Å². The number of rotatable bonds is 2. The minimum absolute atomic E-state index is 0.0698. The lowest BCUT2D eigenvalue weighted by molar-refractivity contribution is -0.215. The third kappa shape index (κ3) is 3.67. The lowest BCUT2D eigenvalue weighted by atomic mass is 9.63. The first-order valence-electron chi connectivity index (χ1n) is 10.7. The van der Waals surface area contributed by atoms with Crippen LogP contribution in [0.3, 0.4) is 0 Å². The number of ether oxygens (including phenoxy) is 2. The summed E-state index contributed by atoms with van der Waals surface area (Å²) in [6, 6.07) is 7.71. The summed E-state index contributed by atoms with van der Waals surface area (Å²) in [5, 5.41) is 23.2. The summed E-state index contributed by atoms with van der Waals surface area (Å²) < 4.78 is 9.77. The molecule has 1 aromatic carbocycles. The van der Waals surface area contributed by atoms with E-state index >= 15 is 0 Å². The van der Waals surface area contributed by atoms with Gasteiger partial charge < -0.3 is 29.6 Å². The zero-order chi connectivity index (χ0) is 22.8. The molecule has 2 fully saturated rings. The molecule has 4 bridgehead atoms. The zero-order valence-corrected chi connectivity index (χ0v) is 19.7. The molecule has 0 saturated carbocycles. The van der Waals surface area contributed by atoms with Crippen molar-refractivity contribution >= 4 is 51.8 Å². The summed E-state index contributed by atoms with van der Waals surface area (Å²) in [4.78, 5) is 18.1. The Morgan fingerprint density at radius 1 is 1.41 bits per heavy atom. The molecule has 3 aliphatic heterocycles. The third-order valence-electron chi connectivity index (χ3n) is 7.33. The van der Waals surface area contributed by atoms with Gasteiger partial charge >= 0.3 is 6.09 Å². The van der Waals surface area contributed by atoms with Gasteiger partial charge in [-0.25, -0.2) is 4.79 Å². The average Bonchev–Trinajstić information content (AvgIpc) is 3.09. The van der Waals surface area contributed by atoms with Crippen molar-refractivity contribution in [2.45, 2.75) is 47.4 Å². The Kier molecular flexibility index (Phi) is 5.59. The van der Waals surface area contributed by atoms with Gasteiger partial charge in [-0.2, -0.15) is 0 Å². The Balaban J connectivity index is 1.59. The minimum atomic E-state index is -1.75. The Morgan fingerprint density at radius 2 is 2.16 bits per heavy atom.